The van der Waals surface area contributed by atoms with E-state index >= 15 is 0 Å². The average molecular weight is 424 g/mol. The predicted molar refractivity (Wildman–Crippen MR) is 11.5 cm³/mol. The Balaban J connectivity index is 0. The molecule has 0 rings (SSSR count). The largest absolute Gasteiger partial charge is 3.00 e. The first kappa shape index (κ1) is 237. The van der Waals surface area contributed by atoms with E-state index in [1.165, 1.54) is 0 Å². The molecule has 0 aromatic carbocycles. The van der Waals surface area contributed by atoms with Crippen molar-refractivity contribution in [3.8, 4) is 0 Å². The van der Waals surface area contributed by atoms with Gasteiger partial charge in [0.25, 0.3) is 0 Å². The van der Waals surface area contributed by atoms with E-state index in [0.717, 1.165) is 0 Å². The Bertz CT molecular complexity index is 8.04. The van der Waals surface area contributed by atoms with Gasteiger partial charge in [-0.2, -0.15) is 0 Å². The molecule has 0 aromatic heterocycles. The summed E-state index contributed by atoms with van der Waals surface area (Å²) in [5.74, 6) is 0. The molecule has 0 saturated heterocycles. The number of halogens is 5. The van der Waals surface area contributed by atoms with E-state index in [4.69, 9.17) is 0 Å². The molecule has 0 nitrogen and oxygen atoms in total. The monoisotopic (exact) mass is 424 g/mol. The van der Waals surface area contributed by atoms with Gasteiger partial charge in [0.1, 0.15) is 0 Å². The summed E-state index contributed by atoms with van der Waals surface area (Å²) in [5, 5.41) is 0. The summed E-state index contributed by atoms with van der Waals surface area (Å²) in [4.78, 5) is 0. The maximum atomic E-state index is 0. The van der Waals surface area contributed by atoms with Crippen molar-refractivity contribution in [2.24, 2.45) is 0 Å². The summed E-state index contributed by atoms with van der Waals surface area (Å²) in [5.41, 5.74) is 0. The molecular weight excluding hydrogens is 424 g/mol. The topological polar surface area (TPSA) is 0 Å². The zero-order valence-electron chi connectivity index (χ0n) is 2.84. The molecule has 0 aliphatic rings. The summed E-state index contributed by atoms with van der Waals surface area (Å²) < 4.78 is 0. The van der Waals surface area contributed by atoms with E-state index < -0.39 is 0 Å². The van der Waals surface area contributed by atoms with Gasteiger partial charge in [0.05, 0.1) is 0 Å². The van der Waals surface area contributed by atoms with Gasteiger partial charge in [-0.25, -0.2) is 0 Å². The summed E-state index contributed by atoms with van der Waals surface area (Å²) in [6, 6.07) is 0. The van der Waals surface area contributed by atoms with Crippen molar-refractivity contribution in [3.05, 3.63) is 0 Å². The Morgan fingerprint density at radius 3 is 0.429 bits per heavy atom. The van der Waals surface area contributed by atoms with Gasteiger partial charge in [0.2, 0.25) is 0 Å². The standard InChI is InChI=1S/5FH.Pb.Sb/h5*1H;;/q;;;;;;+3/p-5. The fourth-order valence-electron chi connectivity index (χ4n) is 0. The SMILES string of the molecule is [F-].[F-].[F-].[F-].[F-].[Pb].[Sb+3]. The van der Waals surface area contributed by atoms with Crippen LogP contribution in [-0.2, 0) is 0 Å². The maximum absolute atomic E-state index is 0. The fraction of sp³-hybridized carbons (Fsp3) is 0. The van der Waals surface area contributed by atoms with Crippen LogP contribution in [0.1, 0.15) is 0 Å². The van der Waals surface area contributed by atoms with E-state index in [2.05, 4.69) is 0 Å². The molecular formula is F5PbSb-2. The molecule has 0 N–H and O–H groups in total. The number of hydrogen-bond acceptors (Lipinski definition) is 0. The van der Waals surface area contributed by atoms with Crippen LogP contribution in [0.15, 0.2) is 0 Å². The summed E-state index contributed by atoms with van der Waals surface area (Å²) in [6.45, 7) is 0. The van der Waals surface area contributed by atoms with Crippen LogP contribution in [0.2, 0.25) is 0 Å². The summed E-state index contributed by atoms with van der Waals surface area (Å²) >= 11 is 0. The number of hydrogen-bond donors (Lipinski definition) is 0. The van der Waals surface area contributed by atoms with Gasteiger partial charge in [-0.05, 0) is 0 Å². The van der Waals surface area contributed by atoms with Crippen LogP contribution in [0.4, 0.5) is 0 Å². The second kappa shape index (κ2) is 156. The van der Waals surface area contributed by atoms with Crippen LogP contribution in [-0.4, -0.2) is 51.7 Å². The van der Waals surface area contributed by atoms with E-state index in [1.54, 1.807) is 0 Å². The normalized spacial score (nSPS) is 0. The third-order valence-electron chi connectivity index (χ3n) is 0. The van der Waals surface area contributed by atoms with Crippen molar-refractivity contribution >= 4 is 51.7 Å². The molecule has 0 heterocycles. The maximum Gasteiger partial charge on any atom is 3.00 e. The molecule has 7 heteroatoms. The van der Waals surface area contributed by atoms with Gasteiger partial charge >= 0.3 is 24.4 Å². The van der Waals surface area contributed by atoms with E-state index in [1.807, 2.05) is 0 Å². The van der Waals surface area contributed by atoms with E-state index in [-0.39, 0.29) is 75.2 Å². The van der Waals surface area contributed by atoms with Gasteiger partial charge in [0, 0.05) is 27.3 Å². The van der Waals surface area contributed by atoms with Crippen LogP contribution >= 0.6 is 0 Å². The second-order valence-corrected chi connectivity index (χ2v) is 0. The van der Waals surface area contributed by atoms with Crippen molar-refractivity contribution in [2.75, 3.05) is 0 Å². The molecule has 0 spiro atoms. The molecule has 0 saturated carbocycles. The molecule has 0 aliphatic carbocycles. The first-order chi connectivity index (χ1) is 0. The summed E-state index contributed by atoms with van der Waals surface area (Å²) in [6.07, 6.45) is 0. The fourth-order valence-corrected chi connectivity index (χ4v) is 0. The quantitative estimate of drug-likeness (QED) is 0.268. The second-order valence-electron chi connectivity index (χ2n) is 0. The Hall–Kier alpha value is 1.39. The molecule has 0 fully saturated rings. The van der Waals surface area contributed by atoms with Crippen molar-refractivity contribution in [1.82, 2.24) is 0 Å². The molecule has 0 amide bonds. The van der Waals surface area contributed by atoms with Crippen LogP contribution in [0.25, 0.3) is 0 Å². The minimum absolute atomic E-state index is 0. The van der Waals surface area contributed by atoms with Crippen molar-refractivity contribution in [2.45, 2.75) is 0 Å². The molecule has 0 atom stereocenters. The Morgan fingerprint density at radius 1 is 0.429 bits per heavy atom. The molecule has 0 aliphatic heterocycles. The molecule has 6 radical (unpaired) electrons. The third kappa shape index (κ3) is 111. The van der Waals surface area contributed by atoms with Crippen LogP contribution in [0, 0.1) is 0 Å². The molecule has 0 unspecified atom stereocenters. The van der Waals surface area contributed by atoms with E-state index in [0.29, 0.717) is 0 Å². The third-order valence-corrected chi connectivity index (χ3v) is 0. The zero-order chi connectivity index (χ0) is 0. The van der Waals surface area contributed by atoms with Gasteiger partial charge < -0.3 is 23.5 Å². The van der Waals surface area contributed by atoms with Crippen LogP contribution in [0.3, 0.4) is 0 Å². The first-order valence-corrected chi connectivity index (χ1v) is 0. The Kier molecular flexibility index (Phi) is 5290. The molecule has 0 aromatic rings. The predicted octanol–water partition coefficient (Wildman–Crippen LogP) is -15.7. The molecule has 46 valence electrons. The Labute approximate surface area is 74.9 Å². The molecule has 0 bridgehead atoms. The summed E-state index contributed by atoms with van der Waals surface area (Å²) in [7, 11) is 0. The average Bonchev–Trinajstić information content (AvgIpc) is 0. The van der Waals surface area contributed by atoms with Crippen molar-refractivity contribution in [3.63, 3.8) is 0 Å². The van der Waals surface area contributed by atoms with E-state index in [9.17, 15) is 0 Å². The Morgan fingerprint density at radius 2 is 0.429 bits per heavy atom. The zero-order valence-corrected chi connectivity index (χ0v) is 9.28. The number of rotatable bonds is 0. The smallest absolute Gasteiger partial charge is 1.00 e. The van der Waals surface area contributed by atoms with Crippen molar-refractivity contribution < 1.29 is 23.5 Å². The van der Waals surface area contributed by atoms with Gasteiger partial charge in [0.15, 0.2) is 0 Å². The van der Waals surface area contributed by atoms with Crippen LogP contribution < -0.4 is 23.5 Å². The molecule has 7 heavy (non-hydrogen) atoms. The van der Waals surface area contributed by atoms with Crippen LogP contribution in [0.5, 0.6) is 0 Å². The minimum atomic E-state index is 0. The van der Waals surface area contributed by atoms with Gasteiger partial charge in [-0.1, -0.05) is 0 Å². The minimum Gasteiger partial charge on any atom is -1.00 e. The first-order valence-electron chi connectivity index (χ1n) is 0. The van der Waals surface area contributed by atoms with Gasteiger partial charge in [-0.3, -0.25) is 0 Å². The van der Waals surface area contributed by atoms with Crippen molar-refractivity contribution in [1.29, 1.82) is 0 Å². The van der Waals surface area contributed by atoms with Gasteiger partial charge in [-0.15, -0.1) is 0 Å².